The van der Waals surface area contributed by atoms with Gasteiger partial charge in [0.2, 0.25) is 11.1 Å². The first-order chi connectivity index (χ1) is 11.6. The average Bonchev–Trinajstić information content (AvgIpc) is 3.04. The van der Waals surface area contributed by atoms with Crippen LogP contribution in [0.2, 0.25) is 0 Å². The Bertz CT molecular complexity index is 850. The zero-order valence-electron chi connectivity index (χ0n) is 12.8. The molecule has 3 aromatic rings. The molecular formula is C16H14FN5OS. The van der Waals surface area contributed by atoms with Crippen LogP contribution in [0.25, 0.3) is 5.69 Å². The number of hydrogen-bond acceptors (Lipinski definition) is 5. The third-order valence-electron chi connectivity index (χ3n) is 3.26. The van der Waals surface area contributed by atoms with Gasteiger partial charge in [-0.3, -0.25) is 4.79 Å². The van der Waals surface area contributed by atoms with Gasteiger partial charge in [-0.15, -0.1) is 5.10 Å². The predicted molar refractivity (Wildman–Crippen MR) is 89.6 cm³/mol. The Morgan fingerprint density at radius 1 is 1.21 bits per heavy atom. The minimum atomic E-state index is -0.335. The van der Waals surface area contributed by atoms with Crippen LogP contribution in [-0.4, -0.2) is 31.9 Å². The SMILES string of the molecule is Cc1ccccc1NC(=O)CSc1nnnn1-c1ccc(F)cc1. The maximum Gasteiger partial charge on any atom is 0.234 e. The Kier molecular flexibility index (Phi) is 4.85. The molecule has 0 aliphatic rings. The Morgan fingerprint density at radius 2 is 1.96 bits per heavy atom. The van der Waals surface area contributed by atoms with Crippen LogP contribution in [0.3, 0.4) is 0 Å². The topological polar surface area (TPSA) is 72.7 Å². The summed E-state index contributed by atoms with van der Waals surface area (Å²) in [5, 5.41) is 14.7. The van der Waals surface area contributed by atoms with Gasteiger partial charge in [-0.2, -0.15) is 4.68 Å². The molecule has 0 aliphatic carbocycles. The second-order valence-electron chi connectivity index (χ2n) is 5.00. The Morgan fingerprint density at radius 3 is 2.71 bits per heavy atom. The first-order valence-corrected chi connectivity index (χ1v) is 8.14. The van der Waals surface area contributed by atoms with E-state index in [4.69, 9.17) is 0 Å². The van der Waals surface area contributed by atoms with Crippen LogP contribution >= 0.6 is 11.8 Å². The number of tetrazole rings is 1. The van der Waals surface area contributed by atoms with E-state index in [1.165, 1.54) is 28.6 Å². The van der Waals surface area contributed by atoms with Crippen LogP contribution in [0.4, 0.5) is 10.1 Å². The summed E-state index contributed by atoms with van der Waals surface area (Å²) in [4.78, 5) is 12.1. The van der Waals surface area contributed by atoms with Crippen molar-refractivity contribution < 1.29 is 9.18 Å². The molecule has 1 amide bonds. The number of halogens is 1. The number of aromatic nitrogens is 4. The van der Waals surface area contributed by atoms with Crippen molar-refractivity contribution in [2.75, 3.05) is 11.1 Å². The van der Waals surface area contributed by atoms with E-state index in [9.17, 15) is 9.18 Å². The lowest BCUT2D eigenvalue weighted by atomic mass is 10.2. The molecule has 1 N–H and O–H groups in total. The highest BCUT2D eigenvalue weighted by molar-refractivity contribution is 7.99. The normalized spacial score (nSPS) is 10.6. The molecular weight excluding hydrogens is 329 g/mol. The van der Waals surface area contributed by atoms with Crippen molar-refractivity contribution in [3.8, 4) is 5.69 Å². The van der Waals surface area contributed by atoms with Crippen LogP contribution in [0, 0.1) is 12.7 Å². The van der Waals surface area contributed by atoms with E-state index in [-0.39, 0.29) is 17.5 Å². The molecule has 1 heterocycles. The molecule has 0 spiro atoms. The standard InChI is InChI=1S/C16H14FN5OS/c1-11-4-2-3-5-14(11)18-15(23)10-24-16-19-20-21-22(16)13-8-6-12(17)7-9-13/h2-9H,10H2,1H3,(H,18,23). The largest absolute Gasteiger partial charge is 0.325 e. The van der Waals surface area contributed by atoms with Gasteiger partial charge in [0, 0.05) is 5.69 Å². The van der Waals surface area contributed by atoms with Crippen molar-refractivity contribution in [1.29, 1.82) is 0 Å². The minimum absolute atomic E-state index is 0.150. The number of hydrogen-bond donors (Lipinski definition) is 1. The lowest BCUT2D eigenvalue weighted by molar-refractivity contribution is -0.113. The number of carbonyl (C=O) groups excluding carboxylic acids is 1. The zero-order chi connectivity index (χ0) is 16.9. The molecule has 0 radical (unpaired) electrons. The molecule has 0 fully saturated rings. The number of anilines is 1. The van der Waals surface area contributed by atoms with Crippen molar-refractivity contribution in [1.82, 2.24) is 20.2 Å². The highest BCUT2D eigenvalue weighted by Gasteiger charge is 2.12. The van der Waals surface area contributed by atoms with Crippen LogP contribution in [-0.2, 0) is 4.79 Å². The first kappa shape index (κ1) is 16.1. The van der Waals surface area contributed by atoms with Gasteiger partial charge < -0.3 is 5.32 Å². The summed E-state index contributed by atoms with van der Waals surface area (Å²) in [5.74, 6) is -0.322. The quantitative estimate of drug-likeness (QED) is 0.721. The van der Waals surface area contributed by atoms with E-state index in [1.807, 2.05) is 31.2 Å². The third kappa shape index (κ3) is 3.77. The summed E-state index contributed by atoms with van der Waals surface area (Å²) >= 11 is 1.21. The number of amides is 1. The van der Waals surface area contributed by atoms with Crippen LogP contribution in [0.5, 0.6) is 0 Å². The lowest BCUT2D eigenvalue weighted by Crippen LogP contribution is -2.15. The van der Waals surface area contributed by atoms with Gasteiger partial charge in [-0.05, 0) is 53.2 Å². The summed E-state index contributed by atoms with van der Waals surface area (Å²) in [6, 6.07) is 13.4. The molecule has 24 heavy (non-hydrogen) atoms. The number of thioether (sulfide) groups is 1. The van der Waals surface area contributed by atoms with Gasteiger partial charge in [-0.25, -0.2) is 4.39 Å². The van der Waals surface area contributed by atoms with Crippen molar-refractivity contribution in [3.63, 3.8) is 0 Å². The van der Waals surface area contributed by atoms with Crippen LogP contribution in [0.15, 0.2) is 53.7 Å². The maximum absolute atomic E-state index is 13.0. The maximum atomic E-state index is 13.0. The van der Waals surface area contributed by atoms with Crippen molar-refractivity contribution in [2.24, 2.45) is 0 Å². The summed E-state index contributed by atoms with van der Waals surface area (Å²) in [6.07, 6.45) is 0. The number of carbonyl (C=O) groups is 1. The van der Waals surface area contributed by atoms with Crippen LogP contribution in [0.1, 0.15) is 5.56 Å². The van der Waals surface area contributed by atoms with Crippen molar-refractivity contribution >= 4 is 23.4 Å². The van der Waals surface area contributed by atoms with E-state index in [1.54, 1.807) is 12.1 Å². The highest BCUT2D eigenvalue weighted by Crippen LogP contribution is 2.19. The van der Waals surface area contributed by atoms with Gasteiger partial charge in [-0.1, -0.05) is 30.0 Å². The summed E-state index contributed by atoms with van der Waals surface area (Å²) in [7, 11) is 0. The van der Waals surface area contributed by atoms with Crippen molar-refractivity contribution in [3.05, 3.63) is 59.9 Å². The van der Waals surface area contributed by atoms with E-state index >= 15 is 0 Å². The highest BCUT2D eigenvalue weighted by atomic mass is 32.2. The molecule has 0 saturated heterocycles. The van der Waals surface area contributed by atoms with E-state index < -0.39 is 0 Å². The summed E-state index contributed by atoms with van der Waals surface area (Å²) < 4.78 is 14.5. The molecule has 0 unspecified atom stereocenters. The third-order valence-corrected chi connectivity index (χ3v) is 4.18. The van der Waals surface area contributed by atoms with Gasteiger partial charge in [0.1, 0.15) is 5.82 Å². The van der Waals surface area contributed by atoms with E-state index in [0.717, 1.165) is 11.3 Å². The van der Waals surface area contributed by atoms with Gasteiger partial charge in [0.05, 0.1) is 11.4 Å². The minimum Gasteiger partial charge on any atom is -0.325 e. The fourth-order valence-electron chi connectivity index (χ4n) is 2.04. The van der Waals surface area contributed by atoms with E-state index in [2.05, 4.69) is 20.8 Å². The molecule has 6 nitrogen and oxygen atoms in total. The number of para-hydroxylation sites is 1. The molecule has 0 saturated carbocycles. The first-order valence-electron chi connectivity index (χ1n) is 7.16. The fraction of sp³-hybridized carbons (Fsp3) is 0.125. The molecule has 122 valence electrons. The number of aryl methyl sites for hydroxylation is 1. The molecule has 0 atom stereocenters. The molecule has 3 rings (SSSR count). The van der Waals surface area contributed by atoms with Gasteiger partial charge in [0.25, 0.3) is 0 Å². The Hall–Kier alpha value is -2.74. The van der Waals surface area contributed by atoms with Gasteiger partial charge >= 0.3 is 0 Å². The number of rotatable bonds is 5. The van der Waals surface area contributed by atoms with Crippen molar-refractivity contribution in [2.45, 2.75) is 12.1 Å². The molecule has 0 bridgehead atoms. The fourth-order valence-corrected chi connectivity index (χ4v) is 2.73. The lowest BCUT2D eigenvalue weighted by Gasteiger charge is -2.08. The second-order valence-corrected chi connectivity index (χ2v) is 5.94. The average molecular weight is 343 g/mol. The molecule has 8 heteroatoms. The summed E-state index contributed by atoms with van der Waals surface area (Å²) in [6.45, 7) is 1.93. The Labute approximate surface area is 142 Å². The molecule has 2 aromatic carbocycles. The number of benzene rings is 2. The van der Waals surface area contributed by atoms with Gasteiger partial charge in [0.15, 0.2) is 0 Å². The Balaban J connectivity index is 1.65. The molecule has 0 aliphatic heterocycles. The monoisotopic (exact) mass is 343 g/mol. The summed E-state index contributed by atoms with van der Waals surface area (Å²) in [5.41, 5.74) is 2.40. The second kappa shape index (κ2) is 7.22. The van der Waals surface area contributed by atoms with E-state index in [0.29, 0.717) is 10.8 Å². The predicted octanol–water partition coefficient (Wildman–Crippen LogP) is 2.84. The zero-order valence-corrected chi connectivity index (χ0v) is 13.6. The smallest absolute Gasteiger partial charge is 0.234 e. The number of nitrogens with zero attached hydrogens (tertiary/aromatic N) is 4. The molecule has 1 aromatic heterocycles. The number of nitrogens with one attached hydrogen (secondary N) is 1. The van der Waals surface area contributed by atoms with Crippen LogP contribution < -0.4 is 5.32 Å².